The summed E-state index contributed by atoms with van der Waals surface area (Å²) in [5.74, 6) is -0.0634. The fourth-order valence-electron chi connectivity index (χ4n) is 3.57. The number of hydrogen-bond donors (Lipinski definition) is 1. The molecule has 0 atom stereocenters. The smallest absolute Gasteiger partial charge is 0.230 e. The number of rotatable bonds is 10. The molecule has 0 aliphatic carbocycles. The molecule has 1 aromatic rings. The van der Waals surface area contributed by atoms with Gasteiger partial charge in [-0.2, -0.15) is 5.10 Å². The van der Waals surface area contributed by atoms with Crippen LogP contribution in [0.3, 0.4) is 0 Å². The Morgan fingerprint density at radius 1 is 1.30 bits per heavy atom. The molecule has 0 radical (unpaired) electrons. The zero-order valence-corrected chi connectivity index (χ0v) is 18.6. The monoisotopic (exact) mass is 414 g/mol. The van der Waals surface area contributed by atoms with E-state index in [1.807, 2.05) is 25.3 Å². The number of piperidine rings is 1. The molecule has 1 aliphatic rings. The minimum Gasteiger partial charge on any atom is -0.374 e. The molecule has 6 heteroatoms. The van der Waals surface area contributed by atoms with E-state index in [4.69, 9.17) is 5.10 Å². The van der Waals surface area contributed by atoms with Crippen molar-refractivity contribution < 1.29 is 9.18 Å². The molecule has 0 spiro atoms. The SMILES string of the molecule is C/C=C(F)\C=C/CCN(C)c1ccccc1/C(=N/N(C=O)C1CCNCC1)C(C)C. The maximum absolute atomic E-state index is 13.3. The Labute approximate surface area is 180 Å². The summed E-state index contributed by atoms with van der Waals surface area (Å²) < 4.78 is 13.3. The fourth-order valence-corrected chi connectivity index (χ4v) is 3.57. The van der Waals surface area contributed by atoms with Crippen molar-refractivity contribution in [3.63, 3.8) is 0 Å². The summed E-state index contributed by atoms with van der Waals surface area (Å²) in [7, 11) is 2.03. The van der Waals surface area contributed by atoms with Gasteiger partial charge in [-0.15, -0.1) is 0 Å². The number of amides is 1. The number of nitrogens with one attached hydrogen (secondary N) is 1. The van der Waals surface area contributed by atoms with Crippen LogP contribution in [0.4, 0.5) is 10.1 Å². The van der Waals surface area contributed by atoms with Crippen molar-refractivity contribution in [3.8, 4) is 0 Å². The van der Waals surface area contributed by atoms with Crippen LogP contribution in [0.25, 0.3) is 0 Å². The number of carbonyl (C=O) groups excluding carboxylic acids is 1. The molecular formula is C24H35FN4O. The largest absolute Gasteiger partial charge is 0.374 e. The van der Waals surface area contributed by atoms with Gasteiger partial charge in [0.05, 0.1) is 11.8 Å². The predicted molar refractivity (Wildman–Crippen MR) is 124 cm³/mol. The van der Waals surface area contributed by atoms with E-state index >= 15 is 0 Å². The number of halogens is 1. The summed E-state index contributed by atoms with van der Waals surface area (Å²) in [4.78, 5) is 14.0. The number of carbonyl (C=O) groups is 1. The predicted octanol–water partition coefficient (Wildman–Crippen LogP) is 4.51. The van der Waals surface area contributed by atoms with Gasteiger partial charge in [-0.25, -0.2) is 9.40 Å². The van der Waals surface area contributed by atoms with Crippen molar-refractivity contribution in [3.05, 3.63) is 53.9 Å². The number of benzene rings is 1. The van der Waals surface area contributed by atoms with Crippen molar-refractivity contribution in [2.24, 2.45) is 11.0 Å². The van der Waals surface area contributed by atoms with Crippen LogP contribution < -0.4 is 10.2 Å². The molecule has 0 unspecified atom stereocenters. The van der Waals surface area contributed by atoms with E-state index < -0.39 is 0 Å². The Bertz CT molecular complexity index is 766. The molecule has 1 N–H and O–H groups in total. The van der Waals surface area contributed by atoms with Gasteiger partial charge in [0.25, 0.3) is 0 Å². The summed E-state index contributed by atoms with van der Waals surface area (Å²) in [6.07, 6.45) is 8.19. The lowest BCUT2D eigenvalue weighted by Gasteiger charge is -2.30. The highest BCUT2D eigenvalue weighted by Gasteiger charge is 2.22. The average molecular weight is 415 g/mol. The Balaban J connectivity index is 2.26. The first-order valence-corrected chi connectivity index (χ1v) is 10.8. The van der Waals surface area contributed by atoms with E-state index in [1.165, 1.54) is 12.2 Å². The molecule has 1 heterocycles. The number of allylic oxidation sites excluding steroid dienone is 3. The van der Waals surface area contributed by atoms with Gasteiger partial charge in [-0.05, 0) is 57.3 Å². The molecular weight excluding hydrogens is 379 g/mol. The third kappa shape index (κ3) is 6.80. The van der Waals surface area contributed by atoms with Crippen molar-refractivity contribution in [2.75, 3.05) is 31.6 Å². The second kappa shape index (κ2) is 12.3. The van der Waals surface area contributed by atoms with Crippen molar-refractivity contribution in [1.29, 1.82) is 0 Å². The molecule has 1 fully saturated rings. The van der Waals surface area contributed by atoms with Crippen molar-refractivity contribution >= 4 is 17.8 Å². The van der Waals surface area contributed by atoms with E-state index in [2.05, 4.69) is 36.2 Å². The number of nitrogens with zero attached hydrogens (tertiary/aromatic N) is 3. The normalized spacial score (nSPS) is 16.3. The van der Waals surface area contributed by atoms with Crippen molar-refractivity contribution in [1.82, 2.24) is 10.3 Å². The first-order chi connectivity index (χ1) is 14.5. The summed E-state index contributed by atoms with van der Waals surface area (Å²) >= 11 is 0. The van der Waals surface area contributed by atoms with Crippen LogP contribution in [0.1, 0.15) is 45.6 Å². The molecule has 30 heavy (non-hydrogen) atoms. The zero-order chi connectivity index (χ0) is 21.9. The topological polar surface area (TPSA) is 47.9 Å². The summed E-state index contributed by atoms with van der Waals surface area (Å²) in [5.41, 5.74) is 2.99. The van der Waals surface area contributed by atoms with E-state index in [-0.39, 0.29) is 17.8 Å². The van der Waals surface area contributed by atoms with Gasteiger partial charge < -0.3 is 10.2 Å². The molecule has 1 amide bonds. The van der Waals surface area contributed by atoms with Gasteiger partial charge >= 0.3 is 0 Å². The Morgan fingerprint density at radius 2 is 2.00 bits per heavy atom. The highest BCUT2D eigenvalue weighted by Crippen LogP contribution is 2.24. The summed E-state index contributed by atoms with van der Waals surface area (Å²) in [6, 6.07) is 8.27. The average Bonchev–Trinajstić information content (AvgIpc) is 2.77. The lowest BCUT2D eigenvalue weighted by atomic mass is 9.97. The minimum atomic E-state index is -0.223. The number of hydrazone groups is 1. The van der Waals surface area contributed by atoms with Crippen LogP contribution in [0.5, 0.6) is 0 Å². The maximum Gasteiger partial charge on any atom is 0.230 e. The van der Waals surface area contributed by atoms with Gasteiger partial charge in [0.1, 0.15) is 5.83 Å². The highest BCUT2D eigenvalue weighted by molar-refractivity contribution is 6.06. The van der Waals surface area contributed by atoms with Crippen LogP contribution in [0, 0.1) is 5.92 Å². The molecule has 5 nitrogen and oxygen atoms in total. The van der Waals surface area contributed by atoms with Crippen molar-refractivity contribution in [2.45, 2.75) is 46.1 Å². The quantitative estimate of drug-likeness (QED) is 0.265. The highest BCUT2D eigenvalue weighted by atomic mass is 19.1. The third-order valence-corrected chi connectivity index (χ3v) is 5.34. The van der Waals surface area contributed by atoms with Crippen LogP contribution in [-0.2, 0) is 4.79 Å². The number of anilines is 1. The molecule has 164 valence electrons. The number of hydrogen-bond acceptors (Lipinski definition) is 4. The first kappa shape index (κ1) is 23.8. The molecule has 1 aromatic carbocycles. The molecule has 0 saturated carbocycles. The summed E-state index contributed by atoms with van der Waals surface area (Å²) in [5, 5.41) is 9.76. The Hall–Kier alpha value is -2.47. The second-order valence-electron chi connectivity index (χ2n) is 7.91. The van der Waals surface area contributed by atoms with E-state index in [0.29, 0.717) is 0 Å². The lowest BCUT2D eigenvalue weighted by molar-refractivity contribution is -0.120. The van der Waals surface area contributed by atoms with Gasteiger partial charge in [-0.1, -0.05) is 44.2 Å². The Kier molecular flexibility index (Phi) is 9.74. The first-order valence-electron chi connectivity index (χ1n) is 10.8. The van der Waals surface area contributed by atoms with E-state index in [1.54, 1.807) is 11.9 Å². The van der Waals surface area contributed by atoms with Gasteiger partial charge in [0.2, 0.25) is 6.41 Å². The standard InChI is InChI=1S/C24H35FN4O/c1-5-20(25)10-8-9-17-28(4)23-12-7-6-11-22(23)24(19(2)3)27-29(18-30)21-13-15-26-16-14-21/h5-8,10-12,18-19,21,26H,9,13-17H2,1-4H3/b10-8-,20-5+,27-24+. The molecule has 1 saturated heterocycles. The van der Waals surface area contributed by atoms with E-state index in [9.17, 15) is 9.18 Å². The van der Waals surface area contributed by atoms with Crippen LogP contribution in [0.15, 0.2) is 53.4 Å². The van der Waals surface area contributed by atoms with Gasteiger partial charge in [0, 0.05) is 24.8 Å². The fraction of sp³-hybridized carbons (Fsp3) is 0.500. The van der Waals surface area contributed by atoms with E-state index in [0.717, 1.165) is 62.3 Å². The molecule has 0 aromatic heterocycles. The zero-order valence-electron chi connectivity index (χ0n) is 18.6. The number of para-hydroxylation sites is 1. The van der Waals surface area contributed by atoms with Crippen LogP contribution >= 0.6 is 0 Å². The molecule has 0 bridgehead atoms. The lowest BCUT2D eigenvalue weighted by Crippen LogP contribution is -2.40. The molecule has 2 rings (SSSR count). The van der Waals surface area contributed by atoms with Crippen LogP contribution in [0.2, 0.25) is 0 Å². The maximum atomic E-state index is 13.3. The van der Waals surface area contributed by atoms with Gasteiger partial charge in [0.15, 0.2) is 0 Å². The molecule has 1 aliphatic heterocycles. The third-order valence-electron chi connectivity index (χ3n) is 5.34. The summed E-state index contributed by atoms with van der Waals surface area (Å²) in [6.45, 7) is 8.44. The second-order valence-corrected chi connectivity index (χ2v) is 7.91. The van der Waals surface area contributed by atoms with Crippen LogP contribution in [-0.4, -0.2) is 49.9 Å². The Morgan fingerprint density at radius 3 is 2.63 bits per heavy atom. The van der Waals surface area contributed by atoms with Gasteiger partial charge in [-0.3, -0.25) is 4.79 Å². The minimum absolute atomic E-state index is 0.133.